The van der Waals surface area contributed by atoms with Crippen molar-refractivity contribution in [3.05, 3.63) is 56.7 Å². The van der Waals surface area contributed by atoms with Crippen LogP contribution in [0.25, 0.3) is 0 Å². The monoisotopic (exact) mass is 395 g/mol. The molecule has 1 heterocycles. The first-order valence-corrected chi connectivity index (χ1v) is 7.53. The maximum atomic E-state index is 12.4. The van der Waals surface area contributed by atoms with Crippen LogP contribution >= 0.6 is 22.6 Å². The van der Waals surface area contributed by atoms with Crippen LogP contribution in [0.5, 0.6) is 5.75 Å². The lowest BCUT2D eigenvalue weighted by Crippen LogP contribution is -2.35. The molecule has 5 heteroatoms. The van der Waals surface area contributed by atoms with Crippen molar-refractivity contribution in [1.82, 2.24) is 0 Å². The highest BCUT2D eigenvalue weighted by atomic mass is 127. The summed E-state index contributed by atoms with van der Waals surface area (Å²) in [5.74, 6) is 0.0355. The van der Waals surface area contributed by atoms with Crippen LogP contribution in [0.1, 0.15) is 16.7 Å². The number of methoxy groups -OCH3 is 1. The fourth-order valence-corrected chi connectivity index (χ4v) is 3.12. The van der Waals surface area contributed by atoms with Crippen LogP contribution in [0.3, 0.4) is 0 Å². The zero-order chi connectivity index (χ0) is 15.2. The van der Waals surface area contributed by atoms with Gasteiger partial charge in [-0.15, -0.1) is 0 Å². The Bertz CT molecular complexity index is 744. The molecule has 0 aliphatic carbocycles. The minimum Gasteiger partial charge on any atom is -0.496 e. The number of nitrogens with one attached hydrogen (secondary N) is 1. The van der Waals surface area contributed by atoms with Crippen molar-refractivity contribution in [3.63, 3.8) is 0 Å². The molecule has 1 amide bonds. The van der Waals surface area contributed by atoms with Crippen LogP contribution in [0.15, 0.2) is 36.4 Å². The van der Waals surface area contributed by atoms with E-state index in [1.54, 1.807) is 18.2 Å². The summed E-state index contributed by atoms with van der Waals surface area (Å²) in [7, 11) is 1.53. The van der Waals surface area contributed by atoms with E-state index >= 15 is 0 Å². The number of ether oxygens (including phenoxy) is 1. The van der Waals surface area contributed by atoms with Gasteiger partial charge in [0.1, 0.15) is 5.75 Å². The summed E-state index contributed by atoms with van der Waals surface area (Å²) in [6, 6.07) is 10.9. The van der Waals surface area contributed by atoms with Gasteiger partial charge in [0.25, 0.3) is 5.91 Å². The highest BCUT2D eigenvalue weighted by molar-refractivity contribution is 14.1. The lowest BCUT2D eigenvalue weighted by atomic mass is 9.86. The van der Waals surface area contributed by atoms with Crippen LogP contribution in [0, 0.1) is 10.5 Å². The molecule has 1 unspecified atom stereocenters. The second kappa shape index (κ2) is 4.99. The molecule has 0 aromatic heterocycles. The molecule has 0 spiro atoms. The molecule has 0 saturated heterocycles. The molecule has 1 aliphatic rings. The summed E-state index contributed by atoms with van der Waals surface area (Å²) in [5, 5.41) is 13.9. The van der Waals surface area contributed by atoms with Crippen molar-refractivity contribution >= 4 is 34.2 Å². The average molecular weight is 395 g/mol. The van der Waals surface area contributed by atoms with E-state index in [0.717, 1.165) is 9.13 Å². The molecule has 1 atom stereocenters. The molecule has 0 radical (unpaired) electrons. The number of carbonyl (C=O) groups excluding carboxylic acids is 1. The van der Waals surface area contributed by atoms with E-state index in [-0.39, 0.29) is 0 Å². The van der Waals surface area contributed by atoms with Crippen molar-refractivity contribution in [3.8, 4) is 5.75 Å². The quantitative estimate of drug-likeness (QED) is 0.770. The van der Waals surface area contributed by atoms with E-state index in [1.807, 2.05) is 25.1 Å². The molecule has 4 nitrogen and oxygen atoms in total. The predicted octanol–water partition coefficient (Wildman–Crippen LogP) is 2.80. The van der Waals surface area contributed by atoms with E-state index in [9.17, 15) is 9.90 Å². The molecular weight excluding hydrogens is 381 g/mol. The van der Waals surface area contributed by atoms with Crippen LogP contribution in [-0.2, 0) is 10.4 Å². The van der Waals surface area contributed by atoms with Gasteiger partial charge in [-0.2, -0.15) is 0 Å². The van der Waals surface area contributed by atoms with Crippen molar-refractivity contribution in [2.45, 2.75) is 12.5 Å². The topological polar surface area (TPSA) is 58.6 Å². The SMILES string of the molecule is COc1ccc(C)cc1C1(O)C(=O)Nc2ccc(I)cc21. The molecule has 3 rings (SSSR count). The molecule has 108 valence electrons. The highest BCUT2D eigenvalue weighted by Crippen LogP contribution is 2.44. The van der Waals surface area contributed by atoms with Crippen molar-refractivity contribution < 1.29 is 14.6 Å². The highest BCUT2D eigenvalue weighted by Gasteiger charge is 2.48. The van der Waals surface area contributed by atoms with E-state index in [4.69, 9.17) is 4.74 Å². The summed E-state index contributed by atoms with van der Waals surface area (Å²) in [5.41, 5.74) is 0.873. The van der Waals surface area contributed by atoms with Crippen LogP contribution in [0.4, 0.5) is 5.69 Å². The molecule has 2 aromatic carbocycles. The third-order valence-electron chi connectivity index (χ3n) is 3.69. The normalized spacial score (nSPS) is 20.1. The molecular formula is C16H14INO3. The van der Waals surface area contributed by atoms with E-state index in [0.29, 0.717) is 22.6 Å². The van der Waals surface area contributed by atoms with E-state index in [1.165, 1.54) is 7.11 Å². The number of aryl methyl sites for hydroxylation is 1. The van der Waals surface area contributed by atoms with Gasteiger partial charge in [0, 0.05) is 20.4 Å². The standard InChI is InChI=1S/C16H14INO3/c1-9-3-6-14(21-2)12(7-9)16(20)11-8-10(17)4-5-13(11)18-15(16)19/h3-8,20H,1-2H3,(H,18,19). The van der Waals surface area contributed by atoms with Crippen LogP contribution < -0.4 is 10.1 Å². The average Bonchev–Trinajstić information content (AvgIpc) is 2.72. The van der Waals surface area contributed by atoms with Crippen molar-refractivity contribution in [2.24, 2.45) is 0 Å². The van der Waals surface area contributed by atoms with Gasteiger partial charge in [-0.3, -0.25) is 4.79 Å². The Balaban J connectivity index is 2.29. The first kappa shape index (κ1) is 14.3. The first-order valence-electron chi connectivity index (χ1n) is 6.46. The first-order chi connectivity index (χ1) is 9.96. The summed E-state index contributed by atoms with van der Waals surface area (Å²) in [4.78, 5) is 12.4. The predicted molar refractivity (Wildman–Crippen MR) is 88.5 cm³/mol. The summed E-state index contributed by atoms with van der Waals surface area (Å²) < 4.78 is 6.28. The van der Waals surface area contributed by atoms with Crippen molar-refractivity contribution in [1.29, 1.82) is 0 Å². The number of benzene rings is 2. The van der Waals surface area contributed by atoms with Crippen LogP contribution in [-0.4, -0.2) is 18.1 Å². The second-order valence-corrected chi connectivity index (χ2v) is 6.30. The lowest BCUT2D eigenvalue weighted by Gasteiger charge is -2.24. The number of fused-ring (bicyclic) bond motifs is 1. The van der Waals surface area contributed by atoms with Crippen LogP contribution in [0.2, 0.25) is 0 Å². The summed E-state index contributed by atoms with van der Waals surface area (Å²) in [6.45, 7) is 1.91. The fourth-order valence-electron chi connectivity index (χ4n) is 2.63. The largest absolute Gasteiger partial charge is 0.496 e. The Morgan fingerprint density at radius 3 is 2.67 bits per heavy atom. The zero-order valence-corrected chi connectivity index (χ0v) is 13.8. The van der Waals surface area contributed by atoms with Gasteiger partial charge in [0.15, 0.2) is 5.60 Å². The van der Waals surface area contributed by atoms with Gasteiger partial charge >= 0.3 is 0 Å². The maximum absolute atomic E-state index is 12.4. The Morgan fingerprint density at radius 1 is 1.19 bits per heavy atom. The number of hydrogen-bond donors (Lipinski definition) is 2. The minimum atomic E-state index is -1.73. The smallest absolute Gasteiger partial charge is 0.266 e. The number of halogens is 1. The Morgan fingerprint density at radius 2 is 1.95 bits per heavy atom. The number of amides is 1. The molecule has 21 heavy (non-hydrogen) atoms. The van der Waals surface area contributed by atoms with Gasteiger partial charge < -0.3 is 15.2 Å². The van der Waals surface area contributed by atoms with Gasteiger partial charge in [-0.25, -0.2) is 0 Å². The summed E-state index contributed by atoms with van der Waals surface area (Å²) >= 11 is 2.16. The second-order valence-electron chi connectivity index (χ2n) is 5.06. The molecule has 2 aromatic rings. The van der Waals surface area contributed by atoms with E-state index < -0.39 is 11.5 Å². The summed E-state index contributed by atoms with van der Waals surface area (Å²) in [6.07, 6.45) is 0. The molecule has 0 saturated carbocycles. The third kappa shape index (κ3) is 2.11. The maximum Gasteiger partial charge on any atom is 0.266 e. The molecule has 2 N–H and O–H groups in total. The molecule has 1 aliphatic heterocycles. The van der Waals surface area contributed by atoms with Gasteiger partial charge in [-0.05, 0) is 59.8 Å². The van der Waals surface area contributed by atoms with Crippen molar-refractivity contribution in [2.75, 3.05) is 12.4 Å². The molecule has 0 bridgehead atoms. The zero-order valence-electron chi connectivity index (χ0n) is 11.6. The minimum absolute atomic E-state index is 0.455. The molecule has 0 fully saturated rings. The van der Waals surface area contributed by atoms with Gasteiger partial charge in [0.05, 0.1) is 7.11 Å². The number of aliphatic hydroxyl groups is 1. The van der Waals surface area contributed by atoms with E-state index in [2.05, 4.69) is 27.9 Å². The Kier molecular flexibility index (Phi) is 3.41. The number of anilines is 1. The Hall–Kier alpha value is -1.60. The third-order valence-corrected chi connectivity index (χ3v) is 4.36. The van der Waals surface area contributed by atoms with Gasteiger partial charge in [0.2, 0.25) is 0 Å². The Labute approximate surface area is 136 Å². The van der Waals surface area contributed by atoms with Gasteiger partial charge in [-0.1, -0.05) is 11.6 Å². The number of hydrogen-bond acceptors (Lipinski definition) is 3. The number of rotatable bonds is 2. The lowest BCUT2D eigenvalue weighted by molar-refractivity contribution is -0.129. The number of carbonyl (C=O) groups is 1. The fraction of sp³-hybridized carbons (Fsp3) is 0.188.